The van der Waals surface area contributed by atoms with Gasteiger partial charge in [-0.05, 0) is 24.3 Å². The Morgan fingerprint density at radius 1 is 1.32 bits per heavy atom. The number of hydrogen-bond acceptors (Lipinski definition) is 5. The fourth-order valence-electron chi connectivity index (χ4n) is 2.07. The normalized spacial score (nSPS) is 17.7. The van der Waals surface area contributed by atoms with Crippen molar-refractivity contribution in [3.63, 3.8) is 0 Å². The number of amides is 3. The van der Waals surface area contributed by atoms with Gasteiger partial charge in [0.25, 0.3) is 0 Å². The number of imide groups is 1. The summed E-state index contributed by atoms with van der Waals surface area (Å²) in [6, 6.07) is 6.31. The van der Waals surface area contributed by atoms with Gasteiger partial charge >= 0.3 is 5.97 Å². The molecule has 1 aromatic carbocycles. The van der Waals surface area contributed by atoms with Crippen LogP contribution in [0.5, 0.6) is 0 Å². The van der Waals surface area contributed by atoms with Gasteiger partial charge in [0, 0.05) is 19.0 Å². The van der Waals surface area contributed by atoms with Crippen molar-refractivity contribution in [3.8, 4) is 0 Å². The molecule has 1 aliphatic rings. The summed E-state index contributed by atoms with van der Waals surface area (Å²) < 4.78 is 0. The number of carboxylic acids is 1. The lowest BCUT2D eigenvalue weighted by molar-refractivity contribution is -0.134. The van der Waals surface area contributed by atoms with Gasteiger partial charge in [0.05, 0.1) is 16.7 Å². The van der Waals surface area contributed by atoms with Crippen LogP contribution in [0.3, 0.4) is 0 Å². The van der Waals surface area contributed by atoms with Gasteiger partial charge < -0.3 is 10.4 Å². The molecule has 0 spiro atoms. The minimum absolute atomic E-state index is 0.00970. The predicted octanol–water partition coefficient (Wildman–Crippen LogP) is 1.09. The van der Waals surface area contributed by atoms with E-state index in [0.717, 1.165) is 16.7 Å². The number of thioether (sulfide) groups is 1. The van der Waals surface area contributed by atoms with Crippen LogP contribution in [0.25, 0.3) is 0 Å². The average Bonchev–Trinajstić information content (AvgIpc) is 2.72. The second-order valence-electron chi connectivity index (χ2n) is 4.69. The van der Waals surface area contributed by atoms with Crippen LogP contribution < -0.4 is 10.2 Å². The second kappa shape index (κ2) is 6.61. The zero-order valence-electron chi connectivity index (χ0n) is 11.7. The van der Waals surface area contributed by atoms with E-state index < -0.39 is 17.1 Å². The molecular formula is C14H14N2O5S. The lowest BCUT2D eigenvalue weighted by Crippen LogP contribution is -2.31. The van der Waals surface area contributed by atoms with Crippen molar-refractivity contribution in [1.82, 2.24) is 0 Å². The number of nitrogens with one attached hydrogen (secondary N) is 1. The van der Waals surface area contributed by atoms with Crippen LogP contribution in [0.1, 0.15) is 13.3 Å². The lowest BCUT2D eigenvalue weighted by atomic mass is 10.2. The van der Waals surface area contributed by atoms with Crippen LogP contribution in [0.2, 0.25) is 0 Å². The maximum Gasteiger partial charge on any atom is 0.313 e. The molecule has 1 unspecified atom stereocenters. The Labute approximate surface area is 130 Å². The topological polar surface area (TPSA) is 104 Å². The highest BCUT2D eigenvalue weighted by Crippen LogP contribution is 2.30. The first-order chi connectivity index (χ1) is 10.4. The number of benzene rings is 1. The highest BCUT2D eigenvalue weighted by molar-refractivity contribution is 8.01. The van der Waals surface area contributed by atoms with E-state index in [-0.39, 0.29) is 24.0 Å². The Morgan fingerprint density at radius 3 is 2.50 bits per heavy atom. The first-order valence-corrected chi connectivity index (χ1v) is 7.51. The average molecular weight is 322 g/mol. The number of rotatable bonds is 5. The second-order valence-corrected chi connectivity index (χ2v) is 5.88. The molecule has 2 N–H and O–H groups in total. The van der Waals surface area contributed by atoms with Gasteiger partial charge in [0.1, 0.15) is 0 Å². The maximum atomic E-state index is 12.2. The third-order valence-electron chi connectivity index (χ3n) is 2.96. The number of nitrogens with zero attached hydrogens (tertiary/aromatic N) is 1. The van der Waals surface area contributed by atoms with Crippen LogP contribution in [0.4, 0.5) is 11.4 Å². The summed E-state index contributed by atoms with van der Waals surface area (Å²) in [4.78, 5) is 46.7. The summed E-state index contributed by atoms with van der Waals surface area (Å²) in [5.41, 5.74) is 0.967. The first-order valence-electron chi connectivity index (χ1n) is 6.46. The largest absolute Gasteiger partial charge is 0.481 e. The molecule has 0 aliphatic carbocycles. The SMILES string of the molecule is CC(=O)Nc1ccc(N2C(=O)CC(SCC(=O)O)C2=O)cc1. The maximum absolute atomic E-state index is 12.2. The molecule has 2 rings (SSSR count). The molecule has 0 saturated carbocycles. The van der Waals surface area contributed by atoms with Crippen molar-refractivity contribution in [2.45, 2.75) is 18.6 Å². The molecule has 22 heavy (non-hydrogen) atoms. The number of aliphatic carboxylic acids is 1. The number of hydrogen-bond donors (Lipinski definition) is 2. The molecule has 3 amide bonds. The van der Waals surface area contributed by atoms with Crippen LogP contribution in [-0.4, -0.2) is 39.8 Å². The molecule has 1 atom stereocenters. The molecule has 116 valence electrons. The summed E-state index contributed by atoms with van der Waals surface area (Å²) in [6.45, 7) is 1.38. The van der Waals surface area contributed by atoms with Gasteiger partial charge in [0.15, 0.2) is 0 Å². The van der Waals surface area contributed by atoms with E-state index in [4.69, 9.17) is 5.11 Å². The Morgan fingerprint density at radius 2 is 1.95 bits per heavy atom. The van der Waals surface area contributed by atoms with Crippen molar-refractivity contribution >= 4 is 46.8 Å². The summed E-state index contributed by atoms with van der Waals surface area (Å²) >= 11 is 0.945. The molecule has 0 bridgehead atoms. The van der Waals surface area contributed by atoms with E-state index in [9.17, 15) is 19.2 Å². The molecule has 0 radical (unpaired) electrons. The number of carbonyl (C=O) groups excluding carboxylic acids is 3. The fourth-order valence-corrected chi connectivity index (χ4v) is 2.93. The number of carboxylic acid groups (broad SMARTS) is 1. The van der Waals surface area contributed by atoms with Crippen molar-refractivity contribution in [3.05, 3.63) is 24.3 Å². The molecule has 1 fully saturated rings. The Hall–Kier alpha value is -2.35. The number of carbonyl (C=O) groups is 4. The van der Waals surface area contributed by atoms with Crippen LogP contribution in [-0.2, 0) is 19.2 Å². The van der Waals surface area contributed by atoms with Crippen molar-refractivity contribution < 1.29 is 24.3 Å². The van der Waals surface area contributed by atoms with Gasteiger partial charge in [-0.3, -0.25) is 19.2 Å². The van der Waals surface area contributed by atoms with Crippen molar-refractivity contribution in [2.75, 3.05) is 16.0 Å². The van der Waals surface area contributed by atoms with Crippen LogP contribution in [0, 0.1) is 0 Å². The van der Waals surface area contributed by atoms with Gasteiger partial charge in [-0.15, -0.1) is 11.8 Å². The van der Waals surface area contributed by atoms with Gasteiger partial charge in [-0.25, -0.2) is 4.90 Å². The molecule has 1 aliphatic heterocycles. The minimum atomic E-state index is -1.02. The predicted molar refractivity (Wildman–Crippen MR) is 81.7 cm³/mol. The molecule has 0 aromatic heterocycles. The Kier molecular flexibility index (Phi) is 4.81. The third-order valence-corrected chi connectivity index (χ3v) is 4.14. The molecule has 1 aromatic rings. The van der Waals surface area contributed by atoms with E-state index >= 15 is 0 Å². The molecular weight excluding hydrogens is 308 g/mol. The van der Waals surface area contributed by atoms with Gasteiger partial charge in [-0.2, -0.15) is 0 Å². The summed E-state index contributed by atoms with van der Waals surface area (Å²) in [5, 5.41) is 10.6. The molecule has 7 nitrogen and oxygen atoms in total. The van der Waals surface area contributed by atoms with E-state index in [1.807, 2.05) is 0 Å². The number of anilines is 2. The Balaban J connectivity index is 2.11. The zero-order valence-corrected chi connectivity index (χ0v) is 12.6. The van der Waals surface area contributed by atoms with E-state index in [2.05, 4.69) is 5.32 Å². The van der Waals surface area contributed by atoms with Gasteiger partial charge in [0.2, 0.25) is 17.7 Å². The summed E-state index contributed by atoms with van der Waals surface area (Å²) in [6.07, 6.45) is -0.00970. The fraction of sp³-hybridized carbons (Fsp3) is 0.286. The smallest absolute Gasteiger partial charge is 0.313 e. The first kappa shape index (κ1) is 16.0. The highest BCUT2D eigenvalue weighted by Gasteiger charge is 2.39. The van der Waals surface area contributed by atoms with Gasteiger partial charge in [-0.1, -0.05) is 0 Å². The summed E-state index contributed by atoms with van der Waals surface area (Å²) in [5.74, 6) is -2.24. The monoisotopic (exact) mass is 322 g/mol. The minimum Gasteiger partial charge on any atom is -0.481 e. The standard InChI is InChI=1S/C14H14N2O5S/c1-8(17)15-9-2-4-10(5-3-9)16-12(18)6-11(14(16)21)22-7-13(19)20/h2-5,11H,6-7H2,1H3,(H,15,17)(H,19,20). The van der Waals surface area contributed by atoms with E-state index in [1.54, 1.807) is 24.3 Å². The quantitative estimate of drug-likeness (QED) is 0.787. The third kappa shape index (κ3) is 3.64. The van der Waals surface area contributed by atoms with Crippen LogP contribution >= 0.6 is 11.8 Å². The van der Waals surface area contributed by atoms with E-state index in [1.165, 1.54) is 6.92 Å². The van der Waals surface area contributed by atoms with Crippen molar-refractivity contribution in [2.24, 2.45) is 0 Å². The molecule has 1 saturated heterocycles. The zero-order chi connectivity index (χ0) is 16.3. The summed E-state index contributed by atoms with van der Waals surface area (Å²) in [7, 11) is 0. The Bertz CT molecular complexity index is 629. The lowest BCUT2D eigenvalue weighted by Gasteiger charge is -2.15. The van der Waals surface area contributed by atoms with Crippen molar-refractivity contribution in [1.29, 1.82) is 0 Å². The highest BCUT2D eigenvalue weighted by atomic mass is 32.2. The molecule has 1 heterocycles. The van der Waals surface area contributed by atoms with Crippen LogP contribution in [0.15, 0.2) is 24.3 Å². The molecule has 8 heteroatoms. The van der Waals surface area contributed by atoms with E-state index in [0.29, 0.717) is 11.4 Å².